The molecule has 0 aromatic rings. The van der Waals surface area contributed by atoms with Crippen LogP contribution in [0.4, 0.5) is 0 Å². The van der Waals surface area contributed by atoms with Crippen LogP contribution in [0.5, 0.6) is 0 Å². The third kappa shape index (κ3) is 3140. The Hall–Kier alpha value is -0.352. The Labute approximate surface area is 93.6 Å². The van der Waals surface area contributed by atoms with Crippen molar-refractivity contribution in [2.45, 2.75) is 0 Å². The predicted octanol–water partition coefficient (Wildman–Crippen LogP) is 0.768. The molecule has 74 valence electrons. The molecule has 6 nitrogen and oxygen atoms in total. The second-order valence-electron chi connectivity index (χ2n) is 0.257. The van der Waals surface area contributed by atoms with Crippen LogP contribution in [0.15, 0.2) is 0 Å². The summed E-state index contributed by atoms with van der Waals surface area (Å²) >= 11 is 1.87. The van der Waals surface area contributed by atoms with Crippen LogP contribution in [-0.2, 0) is 46.6 Å². The SMILES string of the molecule is CO[P]=[Mo].[C-]#[O+].[C-]#[O+].[C-]#[O+].[C-]#[O+].[C-]#[O+]. The average Bonchev–Trinajstić information content (AvgIpc) is 2.41. The summed E-state index contributed by atoms with van der Waals surface area (Å²) in [6, 6.07) is 0. The van der Waals surface area contributed by atoms with E-state index in [2.05, 4.69) is 37.8 Å². The maximum atomic E-state index is 7.50. The summed E-state index contributed by atoms with van der Waals surface area (Å²) in [6.45, 7) is 22.5. The van der Waals surface area contributed by atoms with Crippen LogP contribution in [0.3, 0.4) is 0 Å². The molecule has 0 bridgehead atoms. The van der Waals surface area contributed by atoms with Gasteiger partial charge in [-0.3, -0.25) is 0 Å². The molecule has 0 rings (SSSR count). The summed E-state index contributed by atoms with van der Waals surface area (Å²) in [6.07, 6.45) is 1.01. The molecule has 0 radical (unpaired) electrons. The van der Waals surface area contributed by atoms with Crippen LogP contribution in [0.25, 0.3) is 0 Å². The van der Waals surface area contributed by atoms with Crippen molar-refractivity contribution in [3.8, 4) is 0 Å². The van der Waals surface area contributed by atoms with Crippen LogP contribution < -0.4 is 0 Å². The maximum absolute atomic E-state index is 7.50. The van der Waals surface area contributed by atoms with Gasteiger partial charge in [0, 0.05) is 0 Å². The van der Waals surface area contributed by atoms with E-state index in [1.165, 1.54) is 0 Å². The molecule has 8 heteroatoms. The molecule has 0 aliphatic carbocycles. The van der Waals surface area contributed by atoms with Crippen molar-refractivity contribution in [2.75, 3.05) is 7.11 Å². The molecule has 0 aromatic carbocycles. The van der Waals surface area contributed by atoms with Gasteiger partial charge < -0.3 is 0 Å². The Kier molecular flexibility index (Phi) is 1680. The average molecular weight is 298 g/mol. The van der Waals surface area contributed by atoms with Gasteiger partial charge in [-0.15, -0.1) is 0 Å². The molecule has 0 amide bonds. The van der Waals surface area contributed by atoms with Gasteiger partial charge >= 0.3 is 93.4 Å². The van der Waals surface area contributed by atoms with Gasteiger partial charge in [-0.25, -0.2) is 0 Å². The summed E-state index contributed by atoms with van der Waals surface area (Å²) < 4.78 is 42.0. The normalized spacial score (nSPS) is 3.07. The Balaban J connectivity index is -0.0000000143. The third-order valence-electron chi connectivity index (χ3n) is 0.0745. The quantitative estimate of drug-likeness (QED) is 0.303. The van der Waals surface area contributed by atoms with Gasteiger partial charge in [-0.05, 0) is 0 Å². The van der Waals surface area contributed by atoms with Crippen molar-refractivity contribution in [3.05, 3.63) is 33.3 Å². The van der Waals surface area contributed by atoms with Gasteiger partial charge in [0.15, 0.2) is 0 Å². The molecule has 0 aromatic heterocycles. The molecule has 0 fully saturated rings. The van der Waals surface area contributed by atoms with E-state index in [0.29, 0.717) is 0 Å². The van der Waals surface area contributed by atoms with Crippen LogP contribution in [0.2, 0.25) is 0 Å². The molecule has 0 atom stereocenters. The second kappa shape index (κ2) is 632. The molecule has 0 aliphatic heterocycles. The molecule has 0 spiro atoms. The fraction of sp³-hybridized carbons (Fsp3) is 0.167. The van der Waals surface area contributed by atoms with Gasteiger partial charge in [0.05, 0.1) is 0 Å². The molecule has 0 saturated heterocycles. The van der Waals surface area contributed by atoms with Crippen molar-refractivity contribution in [1.29, 1.82) is 0 Å². The molecule has 0 heterocycles. The zero-order chi connectivity index (χ0) is 13.4. The minimum absolute atomic E-state index is 1.01. The van der Waals surface area contributed by atoms with Crippen LogP contribution in [-0.4, -0.2) is 7.11 Å². The van der Waals surface area contributed by atoms with Crippen LogP contribution >= 0.6 is 6.44 Å². The Bertz CT molecular complexity index is 123. The fourth-order valence-corrected chi connectivity index (χ4v) is 0. The van der Waals surface area contributed by atoms with E-state index in [0.717, 1.165) is 6.44 Å². The summed E-state index contributed by atoms with van der Waals surface area (Å²) in [4.78, 5) is 0. The summed E-state index contributed by atoms with van der Waals surface area (Å²) in [7, 11) is 1.67. The molecule has 0 aliphatic rings. The fourth-order valence-electron chi connectivity index (χ4n) is 0. The van der Waals surface area contributed by atoms with Gasteiger partial charge in [-0.1, -0.05) is 0 Å². The topological polar surface area (TPSA) is 109 Å². The van der Waals surface area contributed by atoms with Gasteiger partial charge in [-0.2, -0.15) is 0 Å². The third-order valence-corrected chi connectivity index (χ3v) is 1.32. The Morgan fingerprint density at radius 2 is 0.857 bits per heavy atom. The van der Waals surface area contributed by atoms with Crippen molar-refractivity contribution < 1.29 is 46.6 Å². The predicted molar refractivity (Wildman–Crippen MR) is 33.6 cm³/mol. The monoisotopic (exact) mass is 300 g/mol. The summed E-state index contributed by atoms with van der Waals surface area (Å²) in [5.74, 6) is 0. The van der Waals surface area contributed by atoms with Gasteiger partial charge in [0.25, 0.3) is 0 Å². The molecule has 0 N–H and O–H groups in total. The zero-order valence-electron chi connectivity index (χ0n) is 6.80. The zero-order valence-corrected chi connectivity index (χ0v) is 9.71. The number of rotatable bonds is 1. The van der Waals surface area contributed by atoms with Crippen molar-refractivity contribution >= 4 is 6.44 Å². The Morgan fingerprint density at radius 1 is 0.786 bits per heavy atom. The standard InChI is InChI=1S/CH3OP.5CO.Mo/c1-2-3;5*1-2;/h1H3;;;;;;. The number of hydrogen-bond acceptors (Lipinski definition) is 1. The van der Waals surface area contributed by atoms with E-state index in [4.69, 9.17) is 23.3 Å². The van der Waals surface area contributed by atoms with E-state index in [9.17, 15) is 0 Å². The Morgan fingerprint density at radius 3 is 0.857 bits per heavy atom. The van der Waals surface area contributed by atoms with E-state index in [-0.39, 0.29) is 0 Å². The van der Waals surface area contributed by atoms with Gasteiger partial charge in [0.1, 0.15) is 0 Å². The van der Waals surface area contributed by atoms with Crippen molar-refractivity contribution in [3.63, 3.8) is 0 Å². The first kappa shape index (κ1) is 37.3. The first-order valence-corrected chi connectivity index (χ1v) is 5.22. The van der Waals surface area contributed by atoms with Crippen LogP contribution in [0.1, 0.15) is 0 Å². The molecular weight excluding hydrogens is 295 g/mol. The first-order chi connectivity index (χ1) is 6.91. The van der Waals surface area contributed by atoms with Crippen molar-refractivity contribution in [1.82, 2.24) is 0 Å². The summed E-state index contributed by atoms with van der Waals surface area (Å²) in [5, 5.41) is 0. The minimum atomic E-state index is 1.01. The van der Waals surface area contributed by atoms with E-state index >= 15 is 0 Å². The molecule has 14 heavy (non-hydrogen) atoms. The van der Waals surface area contributed by atoms with Gasteiger partial charge in [0.2, 0.25) is 0 Å². The first-order valence-electron chi connectivity index (χ1n) is 1.79. The molecule has 0 saturated carbocycles. The van der Waals surface area contributed by atoms with E-state index in [1.807, 2.05) is 18.8 Å². The van der Waals surface area contributed by atoms with Crippen LogP contribution in [0, 0.1) is 33.3 Å². The molecular formula is C6H3MoO6P. The van der Waals surface area contributed by atoms with E-state index in [1.54, 1.807) is 7.11 Å². The second-order valence-corrected chi connectivity index (χ2v) is 1.87. The number of hydrogen-bond donors (Lipinski definition) is 0. The molecule has 0 unspecified atom stereocenters. The van der Waals surface area contributed by atoms with E-state index < -0.39 is 0 Å². The summed E-state index contributed by atoms with van der Waals surface area (Å²) in [5.41, 5.74) is 0. The van der Waals surface area contributed by atoms with Crippen molar-refractivity contribution in [2.24, 2.45) is 0 Å².